The van der Waals surface area contributed by atoms with Gasteiger partial charge >= 0.3 is 0 Å². The highest BCUT2D eigenvalue weighted by molar-refractivity contribution is 7.21. The van der Waals surface area contributed by atoms with E-state index in [0.29, 0.717) is 10.7 Å². The highest BCUT2D eigenvalue weighted by Crippen LogP contribution is 2.35. The summed E-state index contributed by atoms with van der Waals surface area (Å²) in [6.45, 7) is 0. The third kappa shape index (κ3) is 1.94. The van der Waals surface area contributed by atoms with E-state index in [1.54, 1.807) is 12.1 Å². The Bertz CT molecular complexity index is 739. The number of rotatable bonds is 1. The van der Waals surface area contributed by atoms with Crippen LogP contribution in [-0.2, 0) is 0 Å². The number of halogens is 2. The number of thiazole rings is 1. The van der Waals surface area contributed by atoms with Crippen LogP contribution in [0.2, 0.25) is 5.02 Å². The van der Waals surface area contributed by atoms with Crippen LogP contribution in [-0.4, -0.2) is 4.98 Å². The van der Waals surface area contributed by atoms with Crippen molar-refractivity contribution in [3.8, 4) is 10.6 Å². The Morgan fingerprint density at radius 2 is 2.00 bits per heavy atom. The van der Waals surface area contributed by atoms with Crippen LogP contribution in [0, 0.1) is 5.82 Å². The summed E-state index contributed by atoms with van der Waals surface area (Å²) < 4.78 is 14.0. The second kappa shape index (κ2) is 4.23. The first kappa shape index (κ1) is 11.4. The Labute approximate surface area is 112 Å². The zero-order valence-electron chi connectivity index (χ0n) is 9.15. The summed E-state index contributed by atoms with van der Waals surface area (Å²) in [5, 5.41) is 1.13. The third-order valence-corrected chi connectivity index (χ3v) is 3.94. The minimum Gasteiger partial charge on any atom is -0.399 e. The fourth-order valence-electron chi connectivity index (χ4n) is 1.72. The fourth-order valence-corrected chi connectivity index (χ4v) is 3.09. The van der Waals surface area contributed by atoms with Gasteiger partial charge in [0.1, 0.15) is 10.8 Å². The highest BCUT2D eigenvalue weighted by atomic mass is 35.5. The van der Waals surface area contributed by atoms with Crippen LogP contribution in [0.5, 0.6) is 0 Å². The Balaban J connectivity index is 2.19. The molecule has 0 aliphatic heterocycles. The predicted octanol–water partition coefficient (Wildman–Crippen LogP) is 4.34. The van der Waals surface area contributed by atoms with E-state index in [9.17, 15) is 4.39 Å². The van der Waals surface area contributed by atoms with Crippen molar-refractivity contribution in [2.24, 2.45) is 0 Å². The molecule has 0 fully saturated rings. The molecule has 1 aromatic heterocycles. The number of nitrogen functional groups attached to an aromatic ring is 1. The molecule has 0 atom stereocenters. The minimum absolute atomic E-state index is 0.353. The van der Waals surface area contributed by atoms with Gasteiger partial charge in [0.15, 0.2) is 0 Å². The molecule has 2 N–H and O–H groups in total. The Kier molecular flexibility index (Phi) is 2.69. The van der Waals surface area contributed by atoms with Gasteiger partial charge < -0.3 is 5.73 Å². The van der Waals surface area contributed by atoms with Gasteiger partial charge in [-0.3, -0.25) is 0 Å². The van der Waals surface area contributed by atoms with E-state index in [1.807, 2.05) is 12.1 Å². The average Bonchev–Trinajstić information content (AvgIpc) is 2.71. The molecule has 0 aliphatic rings. The molecule has 2 aromatic carbocycles. The van der Waals surface area contributed by atoms with Crippen LogP contribution in [0.1, 0.15) is 0 Å². The lowest BCUT2D eigenvalue weighted by molar-refractivity contribution is 0.628. The van der Waals surface area contributed by atoms with Gasteiger partial charge in [-0.25, -0.2) is 9.37 Å². The Morgan fingerprint density at radius 3 is 2.78 bits per heavy atom. The third-order valence-electron chi connectivity index (χ3n) is 2.57. The summed E-state index contributed by atoms with van der Waals surface area (Å²) in [4.78, 5) is 4.47. The SMILES string of the molecule is Nc1ccc2nc(-c3ccc(F)cc3Cl)sc2c1. The molecule has 0 saturated heterocycles. The molecule has 0 spiro atoms. The molecular formula is C13H8ClFN2S. The largest absolute Gasteiger partial charge is 0.399 e. The maximum Gasteiger partial charge on any atom is 0.126 e. The smallest absolute Gasteiger partial charge is 0.126 e. The standard InChI is InChI=1S/C13H8ClFN2S/c14-10-5-7(15)1-3-9(10)13-17-11-4-2-8(16)6-12(11)18-13/h1-6H,16H2. The van der Waals surface area contributed by atoms with Crippen molar-refractivity contribution < 1.29 is 4.39 Å². The van der Waals surface area contributed by atoms with Crippen LogP contribution in [0.4, 0.5) is 10.1 Å². The summed E-state index contributed by atoms with van der Waals surface area (Å²) in [5.41, 5.74) is 8.02. The van der Waals surface area contributed by atoms with Crippen LogP contribution < -0.4 is 5.73 Å². The van der Waals surface area contributed by atoms with Crippen LogP contribution in [0.25, 0.3) is 20.8 Å². The lowest BCUT2D eigenvalue weighted by Crippen LogP contribution is -1.82. The number of anilines is 1. The first-order chi connectivity index (χ1) is 8.63. The number of nitrogens with two attached hydrogens (primary N) is 1. The molecule has 0 amide bonds. The van der Waals surface area contributed by atoms with E-state index in [2.05, 4.69) is 4.98 Å². The number of nitrogens with zero attached hydrogens (tertiary/aromatic N) is 1. The lowest BCUT2D eigenvalue weighted by atomic mass is 10.2. The van der Waals surface area contributed by atoms with Crippen molar-refractivity contribution in [1.82, 2.24) is 4.98 Å². The zero-order chi connectivity index (χ0) is 12.7. The van der Waals surface area contributed by atoms with Crippen molar-refractivity contribution in [3.63, 3.8) is 0 Å². The maximum absolute atomic E-state index is 13.0. The van der Waals surface area contributed by atoms with E-state index < -0.39 is 0 Å². The van der Waals surface area contributed by atoms with Crippen molar-refractivity contribution in [3.05, 3.63) is 47.2 Å². The quantitative estimate of drug-likeness (QED) is 0.673. The van der Waals surface area contributed by atoms with E-state index in [-0.39, 0.29) is 5.82 Å². The van der Waals surface area contributed by atoms with E-state index in [0.717, 1.165) is 20.8 Å². The van der Waals surface area contributed by atoms with E-state index in [4.69, 9.17) is 17.3 Å². The number of aromatic nitrogens is 1. The molecule has 3 aromatic rings. The van der Waals surface area contributed by atoms with Gasteiger partial charge in [-0.1, -0.05) is 11.6 Å². The molecule has 5 heteroatoms. The monoisotopic (exact) mass is 278 g/mol. The van der Waals surface area contributed by atoms with Gasteiger partial charge in [-0.15, -0.1) is 11.3 Å². The maximum atomic E-state index is 13.0. The summed E-state index contributed by atoms with van der Waals surface area (Å²) in [7, 11) is 0. The molecule has 2 nitrogen and oxygen atoms in total. The first-order valence-corrected chi connectivity index (χ1v) is 6.44. The minimum atomic E-state index is -0.353. The Morgan fingerprint density at radius 1 is 1.17 bits per heavy atom. The van der Waals surface area contributed by atoms with Crippen LogP contribution in [0.3, 0.4) is 0 Å². The molecule has 0 bridgehead atoms. The van der Waals surface area contributed by atoms with Crippen molar-refractivity contribution in [1.29, 1.82) is 0 Å². The molecule has 90 valence electrons. The summed E-state index contributed by atoms with van der Waals surface area (Å²) in [6, 6.07) is 9.84. The first-order valence-electron chi connectivity index (χ1n) is 5.25. The van der Waals surface area contributed by atoms with Crippen molar-refractivity contribution >= 4 is 38.8 Å². The van der Waals surface area contributed by atoms with Crippen LogP contribution in [0.15, 0.2) is 36.4 Å². The van der Waals surface area contributed by atoms with Gasteiger partial charge in [0.2, 0.25) is 0 Å². The number of hydrogen-bond donors (Lipinski definition) is 1. The summed E-state index contributed by atoms with van der Waals surface area (Å²) >= 11 is 7.51. The fraction of sp³-hybridized carbons (Fsp3) is 0. The highest BCUT2D eigenvalue weighted by Gasteiger charge is 2.10. The predicted molar refractivity (Wildman–Crippen MR) is 74.4 cm³/mol. The molecule has 0 saturated carbocycles. The van der Waals surface area contributed by atoms with Gasteiger partial charge in [0.25, 0.3) is 0 Å². The molecule has 0 unspecified atom stereocenters. The Hall–Kier alpha value is -1.65. The topological polar surface area (TPSA) is 38.9 Å². The molecule has 18 heavy (non-hydrogen) atoms. The van der Waals surface area contributed by atoms with Gasteiger partial charge in [-0.05, 0) is 36.4 Å². The zero-order valence-corrected chi connectivity index (χ0v) is 10.7. The van der Waals surface area contributed by atoms with Gasteiger partial charge in [0, 0.05) is 11.3 Å². The molecular weight excluding hydrogens is 271 g/mol. The van der Waals surface area contributed by atoms with Gasteiger partial charge in [0.05, 0.1) is 15.2 Å². The number of hydrogen-bond acceptors (Lipinski definition) is 3. The van der Waals surface area contributed by atoms with E-state index in [1.165, 1.54) is 23.5 Å². The van der Waals surface area contributed by atoms with E-state index >= 15 is 0 Å². The number of benzene rings is 2. The van der Waals surface area contributed by atoms with Gasteiger partial charge in [-0.2, -0.15) is 0 Å². The van der Waals surface area contributed by atoms with Crippen LogP contribution >= 0.6 is 22.9 Å². The molecule has 1 heterocycles. The number of fused-ring (bicyclic) bond motifs is 1. The summed E-state index contributed by atoms with van der Waals surface area (Å²) in [5.74, 6) is -0.353. The lowest BCUT2D eigenvalue weighted by Gasteiger charge is -1.99. The molecule has 0 radical (unpaired) electrons. The molecule has 3 rings (SSSR count). The second-order valence-electron chi connectivity index (χ2n) is 3.87. The average molecular weight is 279 g/mol. The second-order valence-corrected chi connectivity index (χ2v) is 5.31. The van der Waals surface area contributed by atoms with Crippen molar-refractivity contribution in [2.45, 2.75) is 0 Å². The molecule has 0 aliphatic carbocycles. The normalized spacial score (nSPS) is 11.0. The summed E-state index contributed by atoms with van der Waals surface area (Å²) in [6.07, 6.45) is 0. The van der Waals surface area contributed by atoms with Crippen molar-refractivity contribution in [2.75, 3.05) is 5.73 Å².